The van der Waals surface area contributed by atoms with Crippen molar-refractivity contribution in [3.63, 3.8) is 0 Å². The van der Waals surface area contributed by atoms with Gasteiger partial charge in [-0.15, -0.1) is 0 Å². The molecule has 0 fully saturated rings. The van der Waals surface area contributed by atoms with Crippen LogP contribution in [0.1, 0.15) is 15.9 Å². The zero-order chi connectivity index (χ0) is 10.8. The minimum absolute atomic E-state index is 0.0167. The summed E-state index contributed by atoms with van der Waals surface area (Å²) >= 11 is 0. The van der Waals surface area contributed by atoms with Gasteiger partial charge in [0.05, 0.1) is 20.3 Å². The van der Waals surface area contributed by atoms with Gasteiger partial charge < -0.3 is 15.2 Å². The van der Waals surface area contributed by atoms with Crippen LogP contribution in [0.15, 0.2) is 12.1 Å². The van der Waals surface area contributed by atoms with Crippen LogP contribution in [-0.4, -0.2) is 26.0 Å². The lowest BCUT2D eigenvalue weighted by molar-refractivity contribution is 0.100. The van der Waals surface area contributed by atoms with E-state index in [1.54, 1.807) is 13.2 Å². The monoisotopic (exact) mass is 207 g/mol. The fourth-order valence-corrected chi connectivity index (χ4v) is 1.70. The summed E-state index contributed by atoms with van der Waals surface area (Å²) in [5.41, 5.74) is 6.93. The number of Topliss-reactive ketones (excluding diaryl/α,β-unsaturated/α-hetero) is 1. The molecular weight excluding hydrogens is 194 g/mol. The molecule has 1 aromatic rings. The molecule has 0 bridgehead atoms. The highest BCUT2D eigenvalue weighted by Gasteiger charge is 2.20. The van der Waals surface area contributed by atoms with Gasteiger partial charge in [0.1, 0.15) is 0 Å². The first-order valence-corrected chi connectivity index (χ1v) is 4.83. The Balaban J connectivity index is 2.48. The number of ketones is 1. The molecule has 0 amide bonds. The molecule has 2 rings (SSSR count). The van der Waals surface area contributed by atoms with E-state index in [0.717, 1.165) is 17.7 Å². The van der Waals surface area contributed by atoms with Crippen LogP contribution in [0.2, 0.25) is 0 Å². The van der Waals surface area contributed by atoms with Crippen molar-refractivity contribution >= 4 is 5.78 Å². The van der Waals surface area contributed by atoms with Gasteiger partial charge in [-0.2, -0.15) is 0 Å². The van der Waals surface area contributed by atoms with E-state index in [0.29, 0.717) is 17.9 Å². The first-order chi connectivity index (χ1) is 7.26. The number of rotatable bonds is 3. The number of fused-ring (bicyclic) bond motifs is 1. The summed E-state index contributed by atoms with van der Waals surface area (Å²) in [5.74, 6) is 1.29. The standard InChI is InChI=1S/C11H13NO3/c1-14-10-5-8(9(13)6-12)4-7-2-3-15-11(7)10/h4-5H,2-3,6,12H2,1H3. The molecule has 0 radical (unpaired) electrons. The van der Waals surface area contributed by atoms with Crippen molar-refractivity contribution in [3.05, 3.63) is 23.3 Å². The van der Waals surface area contributed by atoms with E-state index < -0.39 is 0 Å². The van der Waals surface area contributed by atoms with Gasteiger partial charge >= 0.3 is 0 Å². The highest BCUT2D eigenvalue weighted by Crippen LogP contribution is 2.36. The minimum atomic E-state index is -0.0806. The average Bonchev–Trinajstić information content (AvgIpc) is 2.74. The molecule has 0 saturated carbocycles. The van der Waals surface area contributed by atoms with E-state index in [1.807, 2.05) is 6.07 Å². The van der Waals surface area contributed by atoms with Crippen LogP contribution in [0.25, 0.3) is 0 Å². The Bertz CT molecular complexity index is 401. The smallest absolute Gasteiger partial charge is 0.176 e. The summed E-state index contributed by atoms with van der Waals surface area (Å²) in [5, 5.41) is 0. The quantitative estimate of drug-likeness (QED) is 0.744. The average molecular weight is 207 g/mol. The summed E-state index contributed by atoms with van der Waals surface area (Å²) in [7, 11) is 1.56. The summed E-state index contributed by atoms with van der Waals surface area (Å²) in [4.78, 5) is 11.5. The van der Waals surface area contributed by atoms with Gasteiger partial charge in [0, 0.05) is 17.5 Å². The van der Waals surface area contributed by atoms with Crippen molar-refractivity contribution in [1.29, 1.82) is 0 Å². The summed E-state index contributed by atoms with van der Waals surface area (Å²) in [6.07, 6.45) is 0.817. The molecule has 4 heteroatoms. The largest absolute Gasteiger partial charge is 0.493 e. The molecule has 4 nitrogen and oxygen atoms in total. The van der Waals surface area contributed by atoms with Gasteiger partial charge in [0.15, 0.2) is 17.3 Å². The predicted octanol–water partition coefficient (Wildman–Crippen LogP) is 0.771. The van der Waals surface area contributed by atoms with E-state index in [-0.39, 0.29) is 12.3 Å². The van der Waals surface area contributed by atoms with Crippen molar-refractivity contribution in [2.24, 2.45) is 5.73 Å². The van der Waals surface area contributed by atoms with E-state index in [4.69, 9.17) is 15.2 Å². The Morgan fingerprint density at radius 1 is 1.60 bits per heavy atom. The van der Waals surface area contributed by atoms with Crippen molar-refractivity contribution in [3.8, 4) is 11.5 Å². The van der Waals surface area contributed by atoms with Crippen LogP contribution >= 0.6 is 0 Å². The number of carbonyl (C=O) groups excluding carboxylic acids is 1. The first-order valence-electron chi connectivity index (χ1n) is 4.83. The maximum absolute atomic E-state index is 11.5. The molecule has 80 valence electrons. The minimum Gasteiger partial charge on any atom is -0.493 e. The van der Waals surface area contributed by atoms with Gasteiger partial charge in [0.25, 0.3) is 0 Å². The Labute approximate surface area is 88.0 Å². The third kappa shape index (κ3) is 1.68. The van der Waals surface area contributed by atoms with E-state index >= 15 is 0 Å². The molecule has 0 saturated heterocycles. The highest BCUT2D eigenvalue weighted by molar-refractivity contribution is 5.98. The second kappa shape index (κ2) is 3.90. The Morgan fingerprint density at radius 3 is 3.07 bits per heavy atom. The first kappa shape index (κ1) is 9.98. The van der Waals surface area contributed by atoms with Crippen molar-refractivity contribution in [1.82, 2.24) is 0 Å². The topological polar surface area (TPSA) is 61.5 Å². The molecule has 2 N–H and O–H groups in total. The molecule has 0 aliphatic carbocycles. The number of methoxy groups -OCH3 is 1. The van der Waals surface area contributed by atoms with Crippen molar-refractivity contribution in [2.45, 2.75) is 6.42 Å². The fourth-order valence-electron chi connectivity index (χ4n) is 1.70. The van der Waals surface area contributed by atoms with Gasteiger partial charge in [0.2, 0.25) is 0 Å². The number of ether oxygens (including phenoxy) is 2. The second-order valence-electron chi connectivity index (χ2n) is 3.39. The summed E-state index contributed by atoms with van der Waals surface area (Å²) in [6, 6.07) is 3.51. The molecular formula is C11H13NO3. The molecule has 0 spiro atoms. The lowest BCUT2D eigenvalue weighted by Gasteiger charge is -2.08. The van der Waals surface area contributed by atoms with Gasteiger partial charge in [-0.3, -0.25) is 4.79 Å². The number of carbonyl (C=O) groups is 1. The number of hydrogen-bond donors (Lipinski definition) is 1. The molecule has 1 aromatic carbocycles. The zero-order valence-corrected chi connectivity index (χ0v) is 8.58. The molecule has 0 unspecified atom stereocenters. The third-order valence-corrected chi connectivity index (χ3v) is 2.48. The second-order valence-corrected chi connectivity index (χ2v) is 3.39. The zero-order valence-electron chi connectivity index (χ0n) is 8.58. The third-order valence-electron chi connectivity index (χ3n) is 2.48. The van der Waals surface area contributed by atoms with Gasteiger partial charge in [-0.05, 0) is 12.1 Å². The summed E-state index contributed by atoms with van der Waals surface area (Å²) in [6.45, 7) is 0.661. The number of hydrogen-bond acceptors (Lipinski definition) is 4. The SMILES string of the molecule is COc1cc(C(=O)CN)cc2c1OCC2. The van der Waals surface area contributed by atoms with Crippen LogP contribution in [0.4, 0.5) is 0 Å². The number of nitrogens with two attached hydrogens (primary N) is 1. The van der Waals surface area contributed by atoms with Crippen LogP contribution in [0.3, 0.4) is 0 Å². The Kier molecular flexibility index (Phi) is 2.60. The van der Waals surface area contributed by atoms with Crippen molar-refractivity contribution < 1.29 is 14.3 Å². The Morgan fingerprint density at radius 2 is 2.40 bits per heavy atom. The highest BCUT2D eigenvalue weighted by atomic mass is 16.5. The van der Waals surface area contributed by atoms with Gasteiger partial charge in [-0.1, -0.05) is 0 Å². The van der Waals surface area contributed by atoms with E-state index in [1.165, 1.54) is 0 Å². The van der Waals surface area contributed by atoms with Crippen LogP contribution < -0.4 is 15.2 Å². The predicted molar refractivity (Wildman–Crippen MR) is 55.6 cm³/mol. The van der Waals surface area contributed by atoms with E-state index in [9.17, 15) is 4.79 Å². The van der Waals surface area contributed by atoms with Crippen LogP contribution in [0, 0.1) is 0 Å². The van der Waals surface area contributed by atoms with E-state index in [2.05, 4.69) is 0 Å². The normalized spacial score (nSPS) is 13.2. The molecule has 1 aliphatic heterocycles. The van der Waals surface area contributed by atoms with Gasteiger partial charge in [-0.25, -0.2) is 0 Å². The molecule has 0 aromatic heterocycles. The molecule has 1 aliphatic rings. The maximum atomic E-state index is 11.5. The Hall–Kier alpha value is -1.55. The maximum Gasteiger partial charge on any atom is 0.176 e. The molecule has 0 atom stereocenters. The lowest BCUT2D eigenvalue weighted by atomic mass is 10.0. The fraction of sp³-hybridized carbons (Fsp3) is 0.364. The lowest BCUT2D eigenvalue weighted by Crippen LogP contribution is -2.13. The number of benzene rings is 1. The van der Waals surface area contributed by atoms with Crippen LogP contribution in [0.5, 0.6) is 11.5 Å². The van der Waals surface area contributed by atoms with Crippen LogP contribution in [-0.2, 0) is 6.42 Å². The molecule has 15 heavy (non-hydrogen) atoms. The summed E-state index contributed by atoms with van der Waals surface area (Å²) < 4.78 is 10.6. The van der Waals surface area contributed by atoms with Crippen molar-refractivity contribution in [2.75, 3.05) is 20.3 Å². The molecule has 1 heterocycles.